The summed E-state index contributed by atoms with van der Waals surface area (Å²) >= 11 is 0. The van der Waals surface area contributed by atoms with E-state index >= 15 is 4.79 Å². The van der Waals surface area contributed by atoms with Crippen molar-refractivity contribution in [3.63, 3.8) is 0 Å². The summed E-state index contributed by atoms with van der Waals surface area (Å²) in [7, 11) is -2.59. The molecular formula is C42H54F3N5O10S. The molecule has 3 N–H and O–H groups in total. The Hall–Kier alpha value is -4.65. The van der Waals surface area contributed by atoms with Crippen molar-refractivity contribution >= 4 is 44.7 Å². The Labute approximate surface area is 352 Å². The van der Waals surface area contributed by atoms with Crippen LogP contribution in [0.4, 0.5) is 18.0 Å². The average Bonchev–Trinajstić information content (AvgIpc) is 4.06. The van der Waals surface area contributed by atoms with Crippen molar-refractivity contribution in [2.24, 2.45) is 5.92 Å². The number of hydrogen-bond donors (Lipinski definition) is 3. The smallest absolute Gasteiger partial charge is 0.483 e. The molecule has 0 bridgehead atoms. The van der Waals surface area contributed by atoms with E-state index in [1.54, 1.807) is 27.7 Å². The van der Waals surface area contributed by atoms with E-state index in [1.807, 2.05) is 12.2 Å². The second-order valence-corrected chi connectivity index (χ2v) is 20.3. The van der Waals surface area contributed by atoms with Crippen LogP contribution in [0.5, 0.6) is 11.5 Å². The summed E-state index contributed by atoms with van der Waals surface area (Å²) in [6.45, 7) is 6.69. The van der Waals surface area contributed by atoms with E-state index in [0.717, 1.165) is 4.90 Å². The summed E-state index contributed by atoms with van der Waals surface area (Å²) in [5.41, 5.74) is -2.56. The van der Waals surface area contributed by atoms with Crippen molar-refractivity contribution < 1.29 is 60.1 Å². The van der Waals surface area contributed by atoms with Crippen molar-refractivity contribution in [3.05, 3.63) is 41.6 Å². The number of pyridine rings is 1. The van der Waals surface area contributed by atoms with Crippen LogP contribution < -0.4 is 19.5 Å². The Bertz CT molecular complexity index is 2250. The van der Waals surface area contributed by atoms with Gasteiger partial charge in [0.05, 0.1) is 22.5 Å². The molecule has 1 spiro atoms. The monoisotopic (exact) mass is 877 g/mol. The molecule has 61 heavy (non-hydrogen) atoms. The van der Waals surface area contributed by atoms with E-state index in [4.69, 9.17) is 9.47 Å². The van der Waals surface area contributed by atoms with Crippen molar-refractivity contribution in [1.82, 2.24) is 24.8 Å². The highest BCUT2D eigenvalue weighted by atomic mass is 32.2. The van der Waals surface area contributed by atoms with Gasteiger partial charge in [-0.2, -0.15) is 0 Å². The number of fused-ring (bicyclic) bond motifs is 5. The summed E-state index contributed by atoms with van der Waals surface area (Å²) in [4.78, 5) is 64.3. The van der Waals surface area contributed by atoms with Gasteiger partial charge in [0.2, 0.25) is 21.8 Å². The van der Waals surface area contributed by atoms with Gasteiger partial charge in [0.25, 0.3) is 5.91 Å². The Morgan fingerprint density at radius 3 is 2.54 bits per heavy atom. The first kappa shape index (κ1) is 44.4. The number of ether oxygens (including phenoxy) is 3. The van der Waals surface area contributed by atoms with Crippen LogP contribution in [0.1, 0.15) is 103 Å². The lowest BCUT2D eigenvalue weighted by Gasteiger charge is -2.43. The van der Waals surface area contributed by atoms with Crippen LogP contribution in [0, 0.1) is 12.8 Å². The Morgan fingerprint density at radius 2 is 1.87 bits per heavy atom. The molecule has 1 saturated heterocycles. The number of nitrogens with zero attached hydrogens (tertiary/aromatic N) is 3. The van der Waals surface area contributed by atoms with E-state index < -0.39 is 85.4 Å². The number of carbonyl (C=O) groups excluding carboxylic acids is 3. The molecule has 15 nitrogen and oxygen atoms in total. The van der Waals surface area contributed by atoms with Crippen molar-refractivity contribution in [3.8, 4) is 11.5 Å². The number of halogens is 3. The highest BCUT2D eigenvalue weighted by molar-refractivity contribution is 7.91. The molecule has 19 heteroatoms. The molecule has 1 aromatic heterocycles. The first-order valence-electron chi connectivity index (χ1n) is 20.8. The minimum atomic E-state index is -4.93. The first-order valence-corrected chi connectivity index (χ1v) is 22.3. The number of carbonyl (C=O) groups is 4. The third-order valence-corrected chi connectivity index (χ3v) is 15.4. The third kappa shape index (κ3) is 8.73. The standard InChI is InChI=1S/C42H54F3N5O10S/c1-25-33-28(29-21-27(59-42(43,44)45)13-14-30(29)46-25)15-16-40(60-33)23-32-34(51)47-41(36(53)48-61(56,57)39(4)17-18-39)22-26(41)11-9-7-6-8-10-12-31(35(52)49(32)24-40)50(37(54)55)38(2,3)19-20-58-5/h9,11,13-14,21,26,31-32H,6-8,10,12,15-20,22-24H2,1-5H3,(H,47,51)(H,48,53)(H,54,55)/b11-9-/t26-,31+,32+,40-,41-/m1/s1. The summed E-state index contributed by atoms with van der Waals surface area (Å²) in [6.07, 6.45) is 1.53. The maximum Gasteiger partial charge on any atom is 0.573 e. The number of aryl methyl sites for hydroxylation is 2. The predicted molar refractivity (Wildman–Crippen MR) is 215 cm³/mol. The zero-order chi connectivity index (χ0) is 44.3. The molecule has 3 fully saturated rings. The van der Waals surface area contributed by atoms with Gasteiger partial charge in [0, 0.05) is 42.5 Å². The quantitative estimate of drug-likeness (QED) is 0.263. The zero-order valence-electron chi connectivity index (χ0n) is 35.0. The van der Waals surface area contributed by atoms with Gasteiger partial charge in [-0.25, -0.2) is 18.2 Å². The molecule has 7 rings (SSSR count). The molecule has 3 aliphatic heterocycles. The maximum absolute atomic E-state index is 15.2. The summed E-state index contributed by atoms with van der Waals surface area (Å²) < 4.78 is 83.5. The summed E-state index contributed by atoms with van der Waals surface area (Å²) in [6, 6.07) is 1.31. The van der Waals surface area contributed by atoms with E-state index in [9.17, 15) is 41.1 Å². The maximum atomic E-state index is 15.2. The molecule has 334 valence electrons. The van der Waals surface area contributed by atoms with Gasteiger partial charge in [-0.05, 0) is 104 Å². The predicted octanol–water partition coefficient (Wildman–Crippen LogP) is 5.66. The number of methoxy groups -OCH3 is 1. The molecule has 5 atom stereocenters. The fourth-order valence-electron chi connectivity index (χ4n) is 9.24. The number of hydrogen-bond acceptors (Lipinski definition) is 10. The SMILES string of the molecule is COCCC(C)(C)N(C(=O)O)[C@H]1CCCCC/C=C\[C@@H]2C[C@@]2(C(=O)NS(=O)(=O)C2(C)CC2)NC(=O)[C@@H]2C[C@]3(CCc4c(c(C)nc5ccc(OC(F)(F)F)cc45)O3)CN2C1=O. The molecule has 2 aromatic rings. The fourth-order valence-corrected chi connectivity index (χ4v) is 10.6. The topological polar surface area (TPSA) is 194 Å². The van der Waals surface area contributed by atoms with E-state index in [-0.39, 0.29) is 57.4 Å². The number of rotatable bonds is 9. The van der Waals surface area contributed by atoms with Crippen molar-refractivity contribution in [1.29, 1.82) is 0 Å². The van der Waals surface area contributed by atoms with Crippen LogP contribution in [-0.2, 0) is 35.6 Å². The number of carboxylic acid groups (broad SMARTS) is 1. The number of alkyl halides is 3. The molecule has 4 amide bonds. The largest absolute Gasteiger partial charge is 0.573 e. The Kier molecular flexibility index (Phi) is 11.6. The van der Waals surface area contributed by atoms with Gasteiger partial charge in [0.15, 0.2) is 0 Å². The van der Waals surface area contributed by atoms with E-state index in [2.05, 4.69) is 19.8 Å². The van der Waals surface area contributed by atoms with Crippen LogP contribution in [-0.4, -0.2) is 112 Å². The van der Waals surface area contributed by atoms with Crippen LogP contribution in [0.3, 0.4) is 0 Å². The van der Waals surface area contributed by atoms with Gasteiger partial charge in [-0.1, -0.05) is 25.0 Å². The fraction of sp³-hybridized carbons (Fsp3) is 0.643. The molecule has 5 aliphatic rings. The Balaban J connectivity index is 1.28. The molecule has 0 radical (unpaired) electrons. The van der Waals surface area contributed by atoms with Crippen LogP contribution in [0.2, 0.25) is 0 Å². The van der Waals surface area contributed by atoms with Crippen LogP contribution >= 0.6 is 0 Å². The van der Waals surface area contributed by atoms with Crippen molar-refractivity contribution in [2.75, 3.05) is 20.3 Å². The normalized spacial score (nSPS) is 28.3. The molecule has 1 aromatic carbocycles. The molecular weight excluding hydrogens is 824 g/mol. The van der Waals surface area contributed by atoms with Gasteiger partial charge in [0.1, 0.15) is 34.7 Å². The molecule has 2 aliphatic carbocycles. The summed E-state index contributed by atoms with van der Waals surface area (Å²) in [5, 5.41) is 14.0. The zero-order valence-corrected chi connectivity index (χ0v) is 35.8. The number of nitrogens with one attached hydrogen (secondary N) is 2. The highest BCUT2D eigenvalue weighted by Gasteiger charge is 2.64. The Morgan fingerprint density at radius 1 is 1.13 bits per heavy atom. The van der Waals surface area contributed by atoms with Crippen molar-refractivity contribution in [2.45, 2.75) is 145 Å². The van der Waals surface area contributed by atoms with Crippen LogP contribution in [0.25, 0.3) is 10.9 Å². The minimum Gasteiger partial charge on any atom is -0.483 e. The summed E-state index contributed by atoms with van der Waals surface area (Å²) in [5.74, 6) is -2.94. The van der Waals surface area contributed by atoms with Crippen LogP contribution in [0.15, 0.2) is 30.4 Å². The van der Waals surface area contributed by atoms with Gasteiger partial charge >= 0.3 is 12.5 Å². The molecule has 2 saturated carbocycles. The second kappa shape index (κ2) is 15.9. The lowest BCUT2D eigenvalue weighted by Crippen LogP contribution is -2.61. The lowest BCUT2D eigenvalue weighted by atomic mass is 9.87. The first-order chi connectivity index (χ1) is 28.5. The second-order valence-electron chi connectivity index (χ2n) is 18.1. The number of aromatic nitrogens is 1. The number of amides is 4. The minimum absolute atomic E-state index is 0.0971. The molecule has 4 heterocycles. The number of sulfonamides is 1. The average molecular weight is 878 g/mol. The van der Waals surface area contributed by atoms with Gasteiger partial charge < -0.3 is 29.5 Å². The van der Waals surface area contributed by atoms with Gasteiger partial charge in [-0.3, -0.25) is 24.0 Å². The van der Waals surface area contributed by atoms with E-state index in [1.165, 1.54) is 30.2 Å². The molecule has 0 unspecified atom stereocenters. The van der Waals surface area contributed by atoms with E-state index in [0.29, 0.717) is 60.7 Å². The van der Waals surface area contributed by atoms with Gasteiger partial charge in [-0.15, -0.1) is 13.2 Å². The number of allylic oxidation sites excluding steroid dienone is 1. The highest BCUT2D eigenvalue weighted by Crippen LogP contribution is 2.49. The third-order valence-electron chi connectivity index (χ3n) is 13.2. The number of benzene rings is 1. The lowest BCUT2D eigenvalue weighted by molar-refractivity contribution is -0.274.